The molecule has 0 aromatic carbocycles. The van der Waals surface area contributed by atoms with Gasteiger partial charge in [-0.15, -0.1) is 11.3 Å². The Morgan fingerprint density at radius 1 is 1.58 bits per heavy atom. The first-order valence-electron chi connectivity index (χ1n) is 6.49. The summed E-state index contributed by atoms with van der Waals surface area (Å²) in [5.41, 5.74) is 0. The Labute approximate surface area is 126 Å². The van der Waals surface area contributed by atoms with Crippen molar-refractivity contribution in [2.24, 2.45) is 0 Å². The summed E-state index contributed by atoms with van der Waals surface area (Å²) < 4.78 is 6.36. The number of nitrogens with zero attached hydrogens (tertiary/aromatic N) is 1. The number of carbonyl (C=O) groups is 1. The summed E-state index contributed by atoms with van der Waals surface area (Å²) >= 11 is 5.18. The van der Waals surface area contributed by atoms with Gasteiger partial charge in [0.25, 0.3) is 0 Å². The Morgan fingerprint density at radius 3 is 2.95 bits per heavy atom. The number of halogens is 1. The molecule has 106 valence electrons. The lowest BCUT2D eigenvalue weighted by Gasteiger charge is -2.27. The number of hydrogen-bond donors (Lipinski definition) is 1. The lowest BCUT2D eigenvalue weighted by Crippen LogP contribution is -2.41. The quantitative estimate of drug-likeness (QED) is 0.889. The lowest BCUT2D eigenvalue weighted by molar-refractivity contribution is -0.135. The predicted octanol–water partition coefficient (Wildman–Crippen LogP) is 2.41. The predicted molar refractivity (Wildman–Crippen MR) is 80.5 cm³/mol. The van der Waals surface area contributed by atoms with Crippen LogP contribution in [0.15, 0.2) is 15.9 Å². The van der Waals surface area contributed by atoms with E-state index in [-0.39, 0.29) is 11.9 Å². The van der Waals surface area contributed by atoms with Gasteiger partial charge in [0.05, 0.1) is 13.2 Å². The number of ether oxygens (including phenoxy) is 1. The molecule has 2 heterocycles. The number of thiophene rings is 1. The smallest absolute Gasteiger partial charge is 0.224 e. The van der Waals surface area contributed by atoms with Crippen molar-refractivity contribution in [3.05, 3.63) is 20.8 Å². The molecule has 1 fully saturated rings. The summed E-state index contributed by atoms with van der Waals surface area (Å²) in [6, 6.07) is 2.40. The maximum absolute atomic E-state index is 11.9. The van der Waals surface area contributed by atoms with Crippen LogP contribution in [0.1, 0.15) is 24.3 Å². The number of rotatable bonds is 5. The van der Waals surface area contributed by atoms with Gasteiger partial charge in [-0.05, 0) is 28.9 Å². The first-order chi connectivity index (χ1) is 9.16. The minimum Gasteiger partial charge on any atom is -0.378 e. The second-order valence-electron chi connectivity index (χ2n) is 4.59. The van der Waals surface area contributed by atoms with Crippen molar-refractivity contribution in [2.45, 2.75) is 19.4 Å². The van der Waals surface area contributed by atoms with Crippen LogP contribution in [0.5, 0.6) is 0 Å². The monoisotopic (exact) mass is 346 g/mol. The standard InChI is InChI=1S/C13H19BrN2O2S/c1-10(12-8-11(14)9-19-12)15-3-2-13(17)16-4-6-18-7-5-16/h8-10,15H,2-7H2,1H3. The highest BCUT2D eigenvalue weighted by Gasteiger charge is 2.16. The van der Waals surface area contributed by atoms with Crippen molar-refractivity contribution in [2.75, 3.05) is 32.8 Å². The molecule has 2 rings (SSSR count). The molecule has 0 saturated carbocycles. The van der Waals surface area contributed by atoms with E-state index in [1.165, 1.54) is 4.88 Å². The largest absolute Gasteiger partial charge is 0.378 e. The van der Waals surface area contributed by atoms with E-state index in [1.54, 1.807) is 11.3 Å². The van der Waals surface area contributed by atoms with Gasteiger partial charge < -0.3 is 15.0 Å². The summed E-state index contributed by atoms with van der Waals surface area (Å²) in [7, 11) is 0. The number of hydrogen-bond acceptors (Lipinski definition) is 4. The van der Waals surface area contributed by atoms with E-state index in [1.807, 2.05) is 4.90 Å². The third-order valence-electron chi connectivity index (χ3n) is 3.17. The van der Waals surface area contributed by atoms with E-state index in [4.69, 9.17) is 4.74 Å². The van der Waals surface area contributed by atoms with Crippen LogP contribution >= 0.6 is 27.3 Å². The van der Waals surface area contributed by atoms with Crippen LogP contribution < -0.4 is 5.32 Å². The molecule has 4 nitrogen and oxygen atoms in total. The minimum atomic E-state index is 0.218. The van der Waals surface area contributed by atoms with Crippen molar-refractivity contribution in [1.29, 1.82) is 0 Å². The number of morpholine rings is 1. The zero-order valence-corrected chi connectivity index (χ0v) is 13.4. The maximum atomic E-state index is 11.9. The molecule has 1 amide bonds. The maximum Gasteiger partial charge on any atom is 0.224 e. The minimum absolute atomic E-state index is 0.218. The van der Waals surface area contributed by atoms with Gasteiger partial charge in [-0.25, -0.2) is 0 Å². The van der Waals surface area contributed by atoms with E-state index in [9.17, 15) is 4.79 Å². The molecule has 1 aromatic heterocycles. The second-order valence-corrected chi connectivity index (χ2v) is 6.44. The third-order valence-corrected chi connectivity index (χ3v) is 5.04. The zero-order valence-electron chi connectivity index (χ0n) is 11.0. The van der Waals surface area contributed by atoms with E-state index >= 15 is 0 Å². The van der Waals surface area contributed by atoms with E-state index in [2.05, 4.69) is 39.6 Å². The molecule has 1 aromatic rings. The first kappa shape index (κ1) is 15.0. The Morgan fingerprint density at radius 2 is 2.32 bits per heavy atom. The van der Waals surface area contributed by atoms with Gasteiger partial charge in [0.15, 0.2) is 0 Å². The Bertz CT molecular complexity index is 419. The second kappa shape index (κ2) is 7.38. The summed E-state index contributed by atoms with van der Waals surface area (Å²) in [5, 5.41) is 5.47. The SMILES string of the molecule is CC(NCCC(=O)N1CCOCC1)c1cc(Br)cs1. The summed E-state index contributed by atoms with van der Waals surface area (Å²) in [6.07, 6.45) is 0.552. The van der Waals surface area contributed by atoms with Gasteiger partial charge in [-0.2, -0.15) is 0 Å². The third kappa shape index (κ3) is 4.56. The van der Waals surface area contributed by atoms with Crippen molar-refractivity contribution in [3.63, 3.8) is 0 Å². The molecule has 1 aliphatic rings. The number of carbonyl (C=O) groups excluding carboxylic acids is 1. The van der Waals surface area contributed by atoms with Gasteiger partial charge in [-0.1, -0.05) is 0 Å². The molecule has 1 saturated heterocycles. The van der Waals surface area contributed by atoms with Crippen molar-refractivity contribution in [1.82, 2.24) is 10.2 Å². The molecule has 1 aliphatic heterocycles. The van der Waals surface area contributed by atoms with Crippen LogP contribution in [0.2, 0.25) is 0 Å². The fourth-order valence-corrected chi connectivity index (χ4v) is 3.50. The van der Waals surface area contributed by atoms with Crippen molar-refractivity contribution < 1.29 is 9.53 Å². The van der Waals surface area contributed by atoms with Crippen LogP contribution in [0, 0.1) is 0 Å². The fraction of sp³-hybridized carbons (Fsp3) is 0.615. The van der Waals surface area contributed by atoms with Gasteiger partial charge in [0.2, 0.25) is 5.91 Å². The molecule has 0 radical (unpaired) electrons. The van der Waals surface area contributed by atoms with Gasteiger partial charge >= 0.3 is 0 Å². The lowest BCUT2D eigenvalue weighted by atomic mass is 10.2. The fourth-order valence-electron chi connectivity index (χ4n) is 2.02. The van der Waals surface area contributed by atoms with Crippen LogP contribution in [-0.2, 0) is 9.53 Å². The molecular weight excluding hydrogens is 328 g/mol. The molecule has 19 heavy (non-hydrogen) atoms. The normalized spacial score (nSPS) is 17.5. The van der Waals surface area contributed by atoms with Crippen molar-refractivity contribution >= 4 is 33.2 Å². The van der Waals surface area contributed by atoms with Crippen molar-refractivity contribution in [3.8, 4) is 0 Å². The number of amides is 1. The van der Waals surface area contributed by atoms with E-state index < -0.39 is 0 Å². The van der Waals surface area contributed by atoms with Gasteiger partial charge in [0, 0.05) is 46.8 Å². The first-order valence-corrected chi connectivity index (χ1v) is 8.17. The molecular formula is C13H19BrN2O2S. The summed E-state index contributed by atoms with van der Waals surface area (Å²) in [5.74, 6) is 0.218. The highest BCUT2D eigenvalue weighted by molar-refractivity contribution is 9.10. The molecule has 1 unspecified atom stereocenters. The topological polar surface area (TPSA) is 41.6 Å². The van der Waals surface area contributed by atoms with Crippen LogP contribution in [0.4, 0.5) is 0 Å². The number of nitrogens with one attached hydrogen (secondary N) is 1. The van der Waals surface area contributed by atoms with Crippen LogP contribution in [0.3, 0.4) is 0 Å². The van der Waals surface area contributed by atoms with Crippen LogP contribution in [-0.4, -0.2) is 43.7 Å². The molecule has 1 N–H and O–H groups in total. The molecule has 6 heteroatoms. The molecule has 0 bridgehead atoms. The Balaban J connectivity index is 1.69. The summed E-state index contributed by atoms with van der Waals surface area (Å²) in [6.45, 7) is 5.63. The van der Waals surface area contributed by atoms with Gasteiger partial charge in [-0.3, -0.25) is 4.79 Å². The molecule has 1 atom stereocenters. The van der Waals surface area contributed by atoms with Gasteiger partial charge in [0.1, 0.15) is 0 Å². The summed E-state index contributed by atoms with van der Waals surface area (Å²) in [4.78, 5) is 15.1. The van der Waals surface area contributed by atoms with E-state index in [0.717, 1.165) is 17.6 Å². The highest BCUT2D eigenvalue weighted by Crippen LogP contribution is 2.25. The van der Waals surface area contributed by atoms with Crippen LogP contribution in [0.25, 0.3) is 0 Å². The highest BCUT2D eigenvalue weighted by atomic mass is 79.9. The molecule has 0 aliphatic carbocycles. The average molecular weight is 347 g/mol. The molecule has 0 spiro atoms. The Kier molecular flexibility index (Phi) is 5.81. The zero-order chi connectivity index (χ0) is 13.7. The Hall–Kier alpha value is -0.430. The van der Waals surface area contributed by atoms with E-state index in [0.29, 0.717) is 26.2 Å². The average Bonchev–Trinajstić information content (AvgIpc) is 2.86.